The maximum Gasteiger partial charge on any atom is 0.259 e. The van der Waals surface area contributed by atoms with Crippen molar-refractivity contribution in [1.29, 1.82) is 5.26 Å². The number of nitrogens with zero attached hydrogens (tertiary/aromatic N) is 5. The van der Waals surface area contributed by atoms with E-state index >= 15 is 0 Å². The fourth-order valence-electron chi connectivity index (χ4n) is 3.48. The summed E-state index contributed by atoms with van der Waals surface area (Å²) in [7, 11) is 0. The maximum absolute atomic E-state index is 13.4. The van der Waals surface area contributed by atoms with E-state index in [1.165, 1.54) is 12.4 Å². The monoisotopic (exact) mass is 423 g/mol. The number of aryl methyl sites for hydroxylation is 1. The number of hydrogen-bond acceptors (Lipinski definition) is 7. The SMILES string of the molecule is Cc1onc(-c2ccccc2Cl)c1C(=O)N1CCCC(Oc2nccnc2C#N)C1. The summed E-state index contributed by atoms with van der Waals surface area (Å²) in [6.07, 6.45) is 4.11. The Morgan fingerprint density at radius 1 is 1.33 bits per heavy atom. The second-order valence-corrected chi connectivity index (χ2v) is 7.30. The van der Waals surface area contributed by atoms with Gasteiger partial charge >= 0.3 is 0 Å². The number of benzene rings is 1. The van der Waals surface area contributed by atoms with Crippen LogP contribution in [0.25, 0.3) is 11.3 Å². The maximum atomic E-state index is 13.4. The Balaban J connectivity index is 1.57. The van der Waals surface area contributed by atoms with Gasteiger partial charge in [0.05, 0.1) is 11.6 Å². The number of rotatable bonds is 4. The Hall–Kier alpha value is -3.44. The molecule has 1 amide bonds. The van der Waals surface area contributed by atoms with Crippen molar-refractivity contribution in [3.05, 3.63) is 58.7 Å². The van der Waals surface area contributed by atoms with Crippen molar-refractivity contribution in [2.24, 2.45) is 0 Å². The molecule has 1 saturated heterocycles. The van der Waals surface area contributed by atoms with Crippen LogP contribution < -0.4 is 4.74 Å². The van der Waals surface area contributed by atoms with Gasteiger partial charge in [-0.2, -0.15) is 5.26 Å². The number of ether oxygens (including phenoxy) is 1. The van der Waals surface area contributed by atoms with Crippen molar-refractivity contribution in [1.82, 2.24) is 20.0 Å². The highest BCUT2D eigenvalue weighted by molar-refractivity contribution is 6.33. The summed E-state index contributed by atoms with van der Waals surface area (Å²) in [5.74, 6) is 0.410. The molecule has 0 N–H and O–H groups in total. The summed E-state index contributed by atoms with van der Waals surface area (Å²) in [5.41, 5.74) is 1.58. The molecule has 1 unspecified atom stereocenters. The van der Waals surface area contributed by atoms with Gasteiger partial charge < -0.3 is 14.2 Å². The average molecular weight is 424 g/mol. The molecule has 152 valence electrons. The highest BCUT2D eigenvalue weighted by atomic mass is 35.5. The summed E-state index contributed by atoms with van der Waals surface area (Å²) in [6.45, 7) is 2.64. The molecule has 0 aliphatic carbocycles. The van der Waals surface area contributed by atoms with Crippen LogP contribution in [0.5, 0.6) is 5.88 Å². The molecule has 0 bridgehead atoms. The Labute approximate surface area is 178 Å². The minimum absolute atomic E-state index is 0.122. The molecule has 1 aromatic carbocycles. The van der Waals surface area contributed by atoms with Crippen LogP contribution in [0.3, 0.4) is 0 Å². The molecule has 0 spiro atoms. The number of piperidine rings is 1. The lowest BCUT2D eigenvalue weighted by atomic mass is 10.0. The third-order valence-electron chi connectivity index (χ3n) is 4.92. The third kappa shape index (κ3) is 3.84. The van der Waals surface area contributed by atoms with Crippen molar-refractivity contribution in [2.45, 2.75) is 25.9 Å². The van der Waals surface area contributed by atoms with Crippen molar-refractivity contribution in [2.75, 3.05) is 13.1 Å². The molecule has 0 radical (unpaired) electrons. The number of likely N-dealkylation sites (tertiary alicyclic amines) is 1. The normalized spacial score (nSPS) is 16.2. The molecule has 3 aromatic rings. The number of aromatic nitrogens is 3. The van der Waals surface area contributed by atoms with E-state index in [-0.39, 0.29) is 23.6 Å². The molecule has 30 heavy (non-hydrogen) atoms. The van der Waals surface area contributed by atoms with Gasteiger partial charge in [0.15, 0.2) is 0 Å². The molecule has 1 aliphatic rings. The van der Waals surface area contributed by atoms with Gasteiger partial charge in [0.1, 0.15) is 29.2 Å². The number of hydrogen-bond donors (Lipinski definition) is 0. The van der Waals surface area contributed by atoms with Crippen LogP contribution in [-0.4, -0.2) is 45.1 Å². The minimum atomic E-state index is -0.296. The Morgan fingerprint density at radius 2 is 2.13 bits per heavy atom. The highest BCUT2D eigenvalue weighted by Gasteiger charge is 2.31. The molecule has 0 saturated carbocycles. The zero-order valence-corrected chi connectivity index (χ0v) is 17.0. The summed E-state index contributed by atoms with van der Waals surface area (Å²) in [4.78, 5) is 23.1. The van der Waals surface area contributed by atoms with Crippen LogP contribution in [0.4, 0.5) is 0 Å². The van der Waals surface area contributed by atoms with Crippen molar-refractivity contribution < 1.29 is 14.1 Å². The molecule has 3 heterocycles. The van der Waals surface area contributed by atoms with Crippen molar-refractivity contribution >= 4 is 17.5 Å². The first-order chi connectivity index (χ1) is 14.6. The molecule has 8 nitrogen and oxygen atoms in total. The lowest BCUT2D eigenvalue weighted by Gasteiger charge is -2.32. The standard InChI is InChI=1S/C21H18ClN5O3/c1-13-18(19(26-30-13)15-6-2-3-7-16(15)22)21(28)27-10-4-5-14(12-27)29-20-17(11-23)24-8-9-25-20/h2-3,6-9,14H,4-5,10,12H2,1H3. The van der Waals surface area contributed by atoms with Gasteiger partial charge in [-0.05, 0) is 25.8 Å². The number of halogens is 1. The Kier molecular flexibility index (Phi) is 5.63. The largest absolute Gasteiger partial charge is 0.470 e. The van der Waals surface area contributed by atoms with Crippen LogP contribution in [0.15, 0.2) is 41.2 Å². The van der Waals surface area contributed by atoms with E-state index in [4.69, 9.17) is 20.9 Å². The van der Waals surface area contributed by atoms with Crippen LogP contribution in [-0.2, 0) is 0 Å². The zero-order chi connectivity index (χ0) is 21.1. The summed E-state index contributed by atoms with van der Waals surface area (Å²) >= 11 is 6.31. The van der Waals surface area contributed by atoms with E-state index in [0.717, 1.165) is 12.8 Å². The third-order valence-corrected chi connectivity index (χ3v) is 5.25. The second kappa shape index (κ2) is 8.51. The highest BCUT2D eigenvalue weighted by Crippen LogP contribution is 2.32. The minimum Gasteiger partial charge on any atom is -0.470 e. The number of amides is 1. The molecule has 4 rings (SSSR count). The lowest BCUT2D eigenvalue weighted by molar-refractivity contribution is 0.0525. The fraction of sp³-hybridized carbons (Fsp3) is 0.286. The lowest BCUT2D eigenvalue weighted by Crippen LogP contribution is -2.44. The van der Waals surface area contributed by atoms with E-state index in [0.29, 0.717) is 40.7 Å². The average Bonchev–Trinajstić information content (AvgIpc) is 3.15. The van der Waals surface area contributed by atoms with Crippen LogP contribution in [0.1, 0.15) is 34.7 Å². The zero-order valence-electron chi connectivity index (χ0n) is 16.2. The molecular formula is C21H18ClN5O3. The number of nitriles is 1. The number of carbonyl (C=O) groups excluding carboxylic acids is 1. The summed E-state index contributed by atoms with van der Waals surface area (Å²) in [6, 6.07) is 9.16. The first kappa shape index (κ1) is 19.9. The van der Waals surface area contributed by atoms with Gasteiger partial charge in [0.25, 0.3) is 11.8 Å². The number of carbonyl (C=O) groups is 1. The van der Waals surface area contributed by atoms with Gasteiger partial charge in [-0.15, -0.1) is 0 Å². The fourth-order valence-corrected chi connectivity index (χ4v) is 3.71. The Bertz CT molecular complexity index is 1120. The predicted octanol–water partition coefficient (Wildman–Crippen LogP) is 3.65. The van der Waals surface area contributed by atoms with E-state index in [9.17, 15) is 10.1 Å². The van der Waals surface area contributed by atoms with Gasteiger partial charge in [-0.25, -0.2) is 9.97 Å². The molecule has 2 aromatic heterocycles. The first-order valence-corrected chi connectivity index (χ1v) is 9.84. The Morgan fingerprint density at radius 3 is 2.93 bits per heavy atom. The first-order valence-electron chi connectivity index (χ1n) is 9.46. The van der Waals surface area contributed by atoms with Gasteiger partial charge in [0.2, 0.25) is 5.69 Å². The topological polar surface area (TPSA) is 105 Å². The quantitative estimate of drug-likeness (QED) is 0.630. The second-order valence-electron chi connectivity index (χ2n) is 6.90. The molecule has 1 fully saturated rings. The van der Waals surface area contributed by atoms with Crippen molar-refractivity contribution in [3.63, 3.8) is 0 Å². The molecule has 1 atom stereocenters. The predicted molar refractivity (Wildman–Crippen MR) is 108 cm³/mol. The van der Waals surface area contributed by atoms with Crippen LogP contribution in [0.2, 0.25) is 5.02 Å². The van der Waals surface area contributed by atoms with Gasteiger partial charge in [0, 0.05) is 24.5 Å². The van der Waals surface area contributed by atoms with Crippen molar-refractivity contribution in [3.8, 4) is 23.2 Å². The van der Waals surface area contributed by atoms with E-state index in [1.807, 2.05) is 18.2 Å². The van der Waals surface area contributed by atoms with E-state index in [2.05, 4.69) is 15.1 Å². The summed E-state index contributed by atoms with van der Waals surface area (Å²) < 4.78 is 11.2. The molecule has 9 heteroatoms. The van der Waals surface area contributed by atoms with E-state index in [1.54, 1.807) is 24.0 Å². The van der Waals surface area contributed by atoms with Crippen LogP contribution >= 0.6 is 11.6 Å². The van der Waals surface area contributed by atoms with Gasteiger partial charge in [-0.1, -0.05) is 35.0 Å². The summed E-state index contributed by atoms with van der Waals surface area (Å²) in [5, 5.41) is 13.8. The van der Waals surface area contributed by atoms with E-state index < -0.39 is 0 Å². The van der Waals surface area contributed by atoms with Crippen LogP contribution in [0, 0.1) is 18.3 Å². The van der Waals surface area contributed by atoms with Gasteiger partial charge in [-0.3, -0.25) is 4.79 Å². The molecule has 1 aliphatic heterocycles. The smallest absolute Gasteiger partial charge is 0.259 e. The molecular weight excluding hydrogens is 406 g/mol.